The van der Waals surface area contributed by atoms with Gasteiger partial charge in [-0.05, 0) is 37.3 Å². The summed E-state index contributed by atoms with van der Waals surface area (Å²) in [5, 5.41) is 0.548. The third-order valence-corrected chi connectivity index (χ3v) is 6.76. The van der Waals surface area contributed by atoms with Crippen molar-refractivity contribution in [3.63, 3.8) is 0 Å². The maximum atomic E-state index is 12.5. The van der Waals surface area contributed by atoms with E-state index in [1.807, 2.05) is 25.1 Å². The van der Waals surface area contributed by atoms with Crippen LogP contribution in [0.3, 0.4) is 0 Å². The predicted molar refractivity (Wildman–Crippen MR) is 109 cm³/mol. The highest BCUT2D eigenvalue weighted by atomic mass is 35.5. The van der Waals surface area contributed by atoms with Gasteiger partial charge in [0.05, 0.1) is 14.9 Å². The van der Waals surface area contributed by atoms with Crippen molar-refractivity contribution < 1.29 is 8.42 Å². The minimum absolute atomic E-state index is 0.115. The van der Waals surface area contributed by atoms with Crippen LogP contribution < -0.4 is 9.62 Å². The molecule has 1 aliphatic rings. The van der Waals surface area contributed by atoms with Crippen LogP contribution in [-0.2, 0) is 10.0 Å². The van der Waals surface area contributed by atoms with Crippen LogP contribution in [0.5, 0.6) is 0 Å². The van der Waals surface area contributed by atoms with Gasteiger partial charge in [-0.2, -0.15) is 0 Å². The molecule has 0 spiro atoms. The molecule has 3 rings (SSSR count). The highest BCUT2D eigenvalue weighted by Gasteiger charge is 2.23. The summed E-state index contributed by atoms with van der Waals surface area (Å²) in [6, 6.07) is 9.96. The fraction of sp³-hybridized carbons (Fsp3) is 0.389. The summed E-state index contributed by atoms with van der Waals surface area (Å²) in [7, 11) is -3.64. The van der Waals surface area contributed by atoms with Gasteiger partial charge in [-0.15, -0.1) is 0 Å². The number of benzene rings is 1. The Labute approximate surface area is 170 Å². The van der Waals surface area contributed by atoms with Gasteiger partial charge in [-0.3, -0.25) is 4.90 Å². The number of halogens is 2. The summed E-state index contributed by atoms with van der Waals surface area (Å²) in [4.78, 5) is 8.98. The average Bonchev–Trinajstić information content (AvgIpc) is 2.64. The van der Waals surface area contributed by atoms with Crippen LogP contribution in [0, 0.1) is 0 Å². The molecule has 1 aromatic heterocycles. The van der Waals surface area contributed by atoms with Crippen molar-refractivity contribution in [2.45, 2.75) is 17.9 Å². The van der Waals surface area contributed by atoms with Crippen molar-refractivity contribution in [3.8, 4) is 0 Å². The van der Waals surface area contributed by atoms with E-state index in [4.69, 9.17) is 23.2 Å². The van der Waals surface area contributed by atoms with Crippen LogP contribution in [0.15, 0.2) is 47.5 Å². The van der Waals surface area contributed by atoms with Crippen LogP contribution in [-0.4, -0.2) is 57.1 Å². The minimum atomic E-state index is -3.64. The molecule has 1 N–H and O–H groups in total. The van der Waals surface area contributed by atoms with E-state index in [2.05, 4.69) is 19.5 Å². The zero-order valence-electron chi connectivity index (χ0n) is 15.0. The fourth-order valence-corrected chi connectivity index (χ4v) is 4.73. The Balaban J connectivity index is 1.53. The first kappa shape index (κ1) is 20.4. The van der Waals surface area contributed by atoms with Gasteiger partial charge in [0.15, 0.2) is 0 Å². The number of anilines is 1. The molecule has 0 amide bonds. The number of pyridine rings is 1. The van der Waals surface area contributed by atoms with E-state index in [-0.39, 0.29) is 16.0 Å². The van der Waals surface area contributed by atoms with Crippen LogP contribution in [0.2, 0.25) is 10.0 Å². The number of hydrogen-bond acceptors (Lipinski definition) is 5. The van der Waals surface area contributed by atoms with Crippen molar-refractivity contribution in [3.05, 3.63) is 52.6 Å². The fourth-order valence-electron chi connectivity index (χ4n) is 3.10. The number of piperazine rings is 1. The summed E-state index contributed by atoms with van der Waals surface area (Å²) in [5.41, 5.74) is 0. The predicted octanol–water partition coefficient (Wildman–Crippen LogP) is 2.88. The number of sulfonamides is 1. The Kier molecular flexibility index (Phi) is 6.60. The lowest BCUT2D eigenvalue weighted by atomic mass is 10.2. The van der Waals surface area contributed by atoms with E-state index in [1.54, 1.807) is 6.20 Å². The van der Waals surface area contributed by atoms with Crippen LogP contribution in [0.1, 0.15) is 6.92 Å². The SMILES string of the molecule is CC(CN1CCN(c2ccccn2)CC1)NS(=O)(=O)c1ccc(Cl)c(Cl)c1. The van der Waals surface area contributed by atoms with E-state index in [9.17, 15) is 8.42 Å². The molecule has 146 valence electrons. The Morgan fingerprint density at radius 3 is 2.48 bits per heavy atom. The average molecular weight is 429 g/mol. The first-order valence-corrected chi connectivity index (χ1v) is 10.9. The third-order valence-electron chi connectivity index (χ3n) is 4.44. The smallest absolute Gasteiger partial charge is 0.240 e. The molecule has 0 bridgehead atoms. The lowest BCUT2D eigenvalue weighted by Gasteiger charge is -2.36. The topological polar surface area (TPSA) is 65.5 Å². The zero-order chi connectivity index (χ0) is 19.4. The Morgan fingerprint density at radius 1 is 1.11 bits per heavy atom. The van der Waals surface area contributed by atoms with Gasteiger partial charge in [0.25, 0.3) is 0 Å². The molecule has 0 radical (unpaired) electrons. The Hall–Kier alpha value is -1.38. The monoisotopic (exact) mass is 428 g/mol. The van der Waals surface area contributed by atoms with Crippen LogP contribution in [0.4, 0.5) is 5.82 Å². The number of hydrogen-bond donors (Lipinski definition) is 1. The number of nitrogens with zero attached hydrogens (tertiary/aromatic N) is 3. The third kappa shape index (κ3) is 5.33. The molecule has 27 heavy (non-hydrogen) atoms. The molecule has 9 heteroatoms. The second-order valence-electron chi connectivity index (χ2n) is 6.57. The quantitative estimate of drug-likeness (QED) is 0.765. The first-order chi connectivity index (χ1) is 12.8. The highest BCUT2D eigenvalue weighted by Crippen LogP contribution is 2.24. The normalized spacial score (nSPS) is 17.1. The van der Waals surface area contributed by atoms with Gasteiger partial charge >= 0.3 is 0 Å². The van der Waals surface area contributed by atoms with Gasteiger partial charge in [0.1, 0.15) is 5.82 Å². The molecule has 1 saturated heterocycles. The molecule has 1 fully saturated rings. The van der Waals surface area contributed by atoms with Crippen LogP contribution in [0.25, 0.3) is 0 Å². The van der Waals surface area contributed by atoms with Crippen molar-refractivity contribution in [1.29, 1.82) is 0 Å². The Morgan fingerprint density at radius 2 is 1.85 bits per heavy atom. The number of aromatic nitrogens is 1. The van der Waals surface area contributed by atoms with Crippen LogP contribution >= 0.6 is 23.2 Å². The van der Waals surface area contributed by atoms with Crippen molar-refractivity contribution >= 4 is 39.0 Å². The summed E-state index contributed by atoms with van der Waals surface area (Å²) in [6.07, 6.45) is 1.79. The van der Waals surface area contributed by atoms with E-state index in [0.717, 1.165) is 32.0 Å². The Bertz CT molecular complexity index is 872. The largest absolute Gasteiger partial charge is 0.354 e. The van der Waals surface area contributed by atoms with E-state index < -0.39 is 10.0 Å². The first-order valence-electron chi connectivity index (χ1n) is 8.71. The van der Waals surface area contributed by atoms with Gasteiger partial charge in [-0.25, -0.2) is 18.1 Å². The van der Waals surface area contributed by atoms with E-state index in [1.165, 1.54) is 18.2 Å². The molecule has 2 heterocycles. The molecule has 2 aromatic rings. The highest BCUT2D eigenvalue weighted by molar-refractivity contribution is 7.89. The van der Waals surface area contributed by atoms with Gasteiger partial charge in [0, 0.05) is 45.0 Å². The molecule has 1 atom stereocenters. The van der Waals surface area contributed by atoms with Gasteiger partial charge in [-0.1, -0.05) is 29.3 Å². The second kappa shape index (κ2) is 8.75. The maximum absolute atomic E-state index is 12.5. The molecule has 0 aliphatic carbocycles. The van der Waals surface area contributed by atoms with E-state index >= 15 is 0 Å². The van der Waals surface area contributed by atoms with Gasteiger partial charge < -0.3 is 4.90 Å². The zero-order valence-corrected chi connectivity index (χ0v) is 17.3. The van der Waals surface area contributed by atoms with Crippen molar-refractivity contribution in [2.24, 2.45) is 0 Å². The molecule has 6 nitrogen and oxygen atoms in total. The molecular formula is C18H22Cl2N4O2S. The molecule has 1 aliphatic heterocycles. The summed E-state index contributed by atoms with van der Waals surface area (Å²) in [5.74, 6) is 0.977. The lowest BCUT2D eigenvalue weighted by Crippen LogP contribution is -2.51. The summed E-state index contributed by atoms with van der Waals surface area (Å²) in [6.45, 7) is 5.94. The van der Waals surface area contributed by atoms with Gasteiger partial charge in [0.2, 0.25) is 10.0 Å². The molecule has 0 saturated carbocycles. The van der Waals surface area contributed by atoms with Crippen molar-refractivity contribution in [2.75, 3.05) is 37.6 Å². The maximum Gasteiger partial charge on any atom is 0.240 e. The lowest BCUT2D eigenvalue weighted by molar-refractivity contribution is 0.241. The molecule has 1 aromatic carbocycles. The van der Waals surface area contributed by atoms with Crippen molar-refractivity contribution in [1.82, 2.24) is 14.6 Å². The van der Waals surface area contributed by atoms with E-state index in [0.29, 0.717) is 11.6 Å². The summed E-state index contributed by atoms with van der Waals surface area (Å²) < 4.78 is 27.8. The molecule has 1 unspecified atom stereocenters. The second-order valence-corrected chi connectivity index (χ2v) is 9.10. The molecular weight excluding hydrogens is 407 g/mol. The number of rotatable bonds is 6. The standard InChI is InChI=1S/C18H22Cl2N4O2S/c1-14(22-27(25,26)15-5-6-16(19)17(20)12-15)13-23-8-10-24(11-9-23)18-4-2-3-7-21-18/h2-7,12,14,22H,8-11,13H2,1H3. The minimum Gasteiger partial charge on any atom is -0.354 e. The summed E-state index contributed by atoms with van der Waals surface area (Å²) >= 11 is 11.8. The number of nitrogens with one attached hydrogen (secondary N) is 1.